The van der Waals surface area contributed by atoms with Crippen LogP contribution in [0, 0.1) is 11.8 Å². The van der Waals surface area contributed by atoms with Crippen LogP contribution in [-0.4, -0.2) is 55.5 Å². The first-order chi connectivity index (χ1) is 9.56. The number of piperidine rings is 1. The number of nitrogens with one attached hydrogen (secondary N) is 1. The van der Waals surface area contributed by atoms with Gasteiger partial charge in [0.15, 0.2) is 0 Å². The van der Waals surface area contributed by atoms with Crippen molar-refractivity contribution in [2.24, 2.45) is 11.8 Å². The molecule has 5 nitrogen and oxygen atoms in total. The highest BCUT2D eigenvalue weighted by Gasteiger charge is 2.22. The molecule has 1 saturated heterocycles. The molecule has 0 aromatic carbocycles. The number of ether oxygens (including phenoxy) is 1. The third-order valence-corrected chi connectivity index (χ3v) is 3.95. The number of nitrogens with zero attached hydrogens (tertiary/aromatic N) is 1. The minimum Gasteiger partial charge on any atom is -0.396 e. The Morgan fingerprint density at radius 3 is 2.55 bits per heavy atom. The van der Waals surface area contributed by atoms with Gasteiger partial charge in [-0.05, 0) is 37.5 Å². The lowest BCUT2D eigenvalue weighted by Crippen LogP contribution is -2.47. The van der Waals surface area contributed by atoms with Crippen molar-refractivity contribution >= 4 is 6.03 Å². The second kappa shape index (κ2) is 9.19. The van der Waals surface area contributed by atoms with Crippen molar-refractivity contribution in [2.75, 3.05) is 33.4 Å². The van der Waals surface area contributed by atoms with Crippen molar-refractivity contribution in [1.29, 1.82) is 0 Å². The maximum Gasteiger partial charge on any atom is 0.317 e. The Bertz CT molecular complexity index is 276. The first-order valence-electron chi connectivity index (χ1n) is 7.73. The molecule has 0 bridgehead atoms. The highest BCUT2D eigenvalue weighted by molar-refractivity contribution is 5.74. The molecule has 1 rings (SSSR count). The molecule has 0 saturated carbocycles. The van der Waals surface area contributed by atoms with E-state index < -0.39 is 0 Å². The van der Waals surface area contributed by atoms with Gasteiger partial charge in [0.2, 0.25) is 0 Å². The van der Waals surface area contributed by atoms with Crippen LogP contribution in [0.4, 0.5) is 4.79 Å². The minimum atomic E-state index is 0.0197. The Morgan fingerprint density at radius 1 is 1.40 bits per heavy atom. The average Bonchev–Trinajstić information content (AvgIpc) is 2.44. The van der Waals surface area contributed by atoms with Crippen molar-refractivity contribution in [3.05, 3.63) is 0 Å². The van der Waals surface area contributed by atoms with Gasteiger partial charge in [-0.25, -0.2) is 4.79 Å². The summed E-state index contributed by atoms with van der Waals surface area (Å²) in [4.78, 5) is 14.0. The molecule has 0 spiro atoms. The van der Waals surface area contributed by atoms with Gasteiger partial charge in [-0.3, -0.25) is 0 Å². The van der Waals surface area contributed by atoms with Gasteiger partial charge in [0.1, 0.15) is 0 Å². The van der Waals surface area contributed by atoms with E-state index in [2.05, 4.69) is 19.2 Å². The molecule has 1 atom stereocenters. The Kier molecular flexibility index (Phi) is 7.92. The van der Waals surface area contributed by atoms with Gasteiger partial charge in [-0.15, -0.1) is 0 Å². The molecule has 0 aromatic heterocycles. The molecule has 20 heavy (non-hydrogen) atoms. The number of hydrogen-bond acceptors (Lipinski definition) is 3. The van der Waals surface area contributed by atoms with E-state index in [1.54, 1.807) is 7.11 Å². The van der Waals surface area contributed by atoms with Crippen LogP contribution in [0.25, 0.3) is 0 Å². The van der Waals surface area contributed by atoms with E-state index in [9.17, 15) is 4.79 Å². The number of carbonyl (C=O) groups excluding carboxylic acids is 1. The highest BCUT2D eigenvalue weighted by atomic mass is 16.5. The van der Waals surface area contributed by atoms with Gasteiger partial charge in [-0.1, -0.05) is 13.8 Å². The summed E-state index contributed by atoms with van der Waals surface area (Å²) in [5.74, 6) is 0.946. The number of urea groups is 1. The van der Waals surface area contributed by atoms with Crippen LogP contribution >= 0.6 is 0 Å². The van der Waals surface area contributed by atoms with Crippen molar-refractivity contribution < 1.29 is 14.6 Å². The van der Waals surface area contributed by atoms with Crippen LogP contribution in [-0.2, 0) is 4.74 Å². The molecule has 1 aliphatic rings. The molecule has 0 aromatic rings. The molecule has 0 radical (unpaired) electrons. The summed E-state index contributed by atoms with van der Waals surface area (Å²) in [6, 6.07) is 0.0197. The molecular weight excluding hydrogens is 256 g/mol. The molecule has 1 heterocycles. The van der Waals surface area contributed by atoms with Gasteiger partial charge < -0.3 is 20.1 Å². The fraction of sp³-hybridized carbons (Fsp3) is 0.933. The SMILES string of the molecule is COC1CCN(C(=O)NCC(CCO)CC(C)C)CC1. The quantitative estimate of drug-likeness (QED) is 0.751. The van der Waals surface area contributed by atoms with Gasteiger partial charge in [0.05, 0.1) is 6.10 Å². The van der Waals surface area contributed by atoms with Crippen LogP contribution < -0.4 is 5.32 Å². The zero-order chi connectivity index (χ0) is 15.0. The molecular formula is C15H30N2O3. The Morgan fingerprint density at radius 2 is 2.05 bits per heavy atom. The van der Waals surface area contributed by atoms with Crippen molar-refractivity contribution in [3.63, 3.8) is 0 Å². The molecule has 5 heteroatoms. The number of carbonyl (C=O) groups is 1. The summed E-state index contributed by atoms with van der Waals surface area (Å²) in [5.41, 5.74) is 0. The lowest BCUT2D eigenvalue weighted by atomic mass is 9.94. The van der Waals surface area contributed by atoms with E-state index in [1.165, 1.54) is 0 Å². The molecule has 118 valence electrons. The van der Waals surface area contributed by atoms with Crippen LogP contribution in [0.3, 0.4) is 0 Å². The summed E-state index contributed by atoms with van der Waals surface area (Å²) >= 11 is 0. The number of amides is 2. The smallest absolute Gasteiger partial charge is 0.317 e. The van der Waals surface area contributed by atoms with Gasteiger partial charge in [0.25, 0.3) is 0 Å². The standard InChI is InChI=1S/C15H30N2O3/c1-12(2)10-13(6-9-18)11-16-15(19)17-7-4-14(20-3)5-8-17/h12-14,18H,4-11H2,1-3H3,(H,16,19). The first-order valence-corrected chi connectivity index (χ1v) is 7.73. The molecule has 2 N–H and O–H groups in total. The Hall–Kier alpha value is -0.810. The second-order valence-electron chi connectivity index (χ2n) is 6.12. The molecule has 0 aliphatic carbocycles. The summed E-state index contributed by atoms with van der Waals surface area (Å²) in [6.07, 6.45) is 3.91. The fourth-order valence-electron chi connectivity index (χ4n) is 2.79. The van der Waals surface area contributed by atoms with Crippen LogP contribution in [0.15, 0.2) is 0 Å². The normalized spacial score (nSPS) is 18.4. The van der Waals surface area contributed by atoms with E-state index in [0.29, 0.717) is 24.5 Å². The molecule has 2 amide bonds. The largest absolute Gasteiger partial charge is 0.396 e. The van der Waals surface area contributed by atoms with Crippen LogP contribution in [0.5, 0.6) is 0 Å². The van der Waals surface area contributed by atoms with Crippen LogP contribution in [0.2, 0.25) is 0 Å². The number of likely N-dealkylation sites (tertiary alicyclic amines) is 1. The van der Waals surface area contributed by atoms with E-state index in [0.717, 1.165) is 38.8 Å². The third kappa shape index (κ3) is 6.09. The summed E-state index contributed by atoms with van der Waals surface area (Å²) in [5, 5.41) is 12.1. The number of methoxy groups -OCH3 is 1. The average molecular weight is 286 g/mol. The Labute approximate surface area is 122 Å². The van der Waals surface area contributed by atoms with Crippen molar-refractivity contribution in [3.8, 4) is 0 Å². The fourth-order valence-corrected chi connectivity index (χ4v) is 2.79. The third-order valence-electron chi connectivity index (χ3n) is 3.95. The summed E-state index contributed by atoms with van der Waals surface area (Å²) in [6.45, 7) is 6.70. The Balaban J connectivity index is 2.30. The number of aliphatic hydroxyl groups excluding tert-OH is 1. The minimum absolute atomic E-state index is 0.0197. The lowest BCUT2D eigenvalue weighted by molar-refractivity contribution is 0.0501. The zero-order valence-corrected chi connectivity index (χ0v) is 13.1. The summed E-state index contributed by atoms with van der Waals surface area (Å²) < 4.78 is 5.31. The monoisotopic (exact) mass is 286 g/mol. The first kappa shape index (κ1) is 17.2. The van der Waals surface area contributed by atoms with Gasteiger partial charge in [-0.2, -0.15) is 0 Å². The van der Waals surface area contributed by atoms with Gasteiger partial charge >= 0.3 is 6.03 Å². The second-order valence-corrected chi connectivity index (χ2v) is 6.12. The number of hydrogen-bond donors (Lipinski definition) is 2. The van der Waals surface area contributed by atoms with Crippen molar-refractivity contribution in [1.82, 2.24) is 10.2 Å². The predicted octanol–water partition coefficient (Wildman–Crippen LogP) is 1.85. The number of aliphatic hydroxyl groups is 1. The lowest BCUT2D eigenvalue weighted by Gasteiger charge is -2.31. The van der Waals surface area contributed by atoms with Gasteiger partial charge in [0, 0.05) is 33.4 Å². The van der Waals surface area contributed by atoms with Crippen molar-refractivity contribution in [2.45, 2.75) is 45.6 Å². The van der Waals surface area contributed by atoms with E-state index >= 15 is 0 Å². The maximum atomic E-state index is 12.1. The van der Waals surface area contributed by atoms with E-state index in [4.69, 9.17) is 9.84 Å². The predicted molar refractivity (Wildman–Crippen MR) is 79.7 cm³/mol. The highest BCUT2D eigenvalue weighted by Crippen LogP contribution is 2.15. The molecule has 1 unspecified atom stereocenters. The van der Waals surface area contributed by atoms with E-state index in [1.807, 2.05) is 4.90 Å². The summed E-state index contributed by atoms with van der Waals surface area (Å²) in [7, 11) is 1.73. The van der Waals surface area contributed by atoms with E-state index in [-0.39, 0.29) is 12.6 Å². The number of rotatable bonds is 7. The maximum absolute atomic E-state index is 12.1. The van der Waals surface area contributed by atoms with Crippen LogP contribution in [0.1, 0.15) is 39.5 Å². The zero-order valence-electron chi connectivity index (χ0n) is 13.1. The molecule has 1 fully saturated rings. The topological polar surface area (TPSA) is 61.8 Å². The molecule has 1 aliphatic heterocycles.